The van der Waals surface area contributed by atoms with Crippen LogP contribution in [0.3, 0.4) is 0 Å². The van der Waals surface area contributed by atoms with E-state index in [1.165, 1.54) is 0 Å². The maximum Gasteiger partial charge on any atom is 0.251 e. The number of nitrogens with zero attached hydrogens (tertiary/aromatic N) is 1. The molecule has 0 aliphatic heterocycles. The van der Waals surface area contributed by atoms with Crippen molar-refractivity contribution in [3.8, 4) is 0 Å². The lowest BCUT2D eigenvalue weighted by Gasteiger charge is -2.33. The summed E-state index contributed by atoms with van der Waals surface area (Å²) in [6.45, 7) is 0.342. The molecule has 1 saturated carbocycles. The van der Waals surface area contributed by atoms with Gasteiger partial charge in [0.1, 0.15) is 0 Å². The second kappa shape index (κ2) is 6.47. The SMILES string of the molecule is OCCN(CC(F)F)CC1(CO)CCCC1. The average molecular weight is 237 g/mol. The molecule has 0 heterocycles. The molecule has 1 rings (SSSR count). The Bertz CT molecular complexity index is 196. The van der Waals surface area contributed by atoms with Crippen molar-refractivity contribution in [2.45, 2.75) is 32.1 Å². The van der Waals surface area contributed by atoms with E-state index in [0.717, 1.165) is 25.7 Å². The lowest BCUT2D eigenvalue weighted by molar-refractivity contribution is 0.0301. The van der Waals surface area contributed by atoms with Gasteiger partial charge in [-0.05, 0) is 12.8 Å². The van der Waals surface area contributed by atoms with Crippen molar-refractivity contribution in [1.29, 1.82) is 0 Å². The Morgan fingerprint density at radius 2 is 1.81 bits per heavy atom. The second-order valence-corrected chi connectivity index (χ2v) is 4.72. The topological polar surface area (TPSA) is 43.7 Å². The fourth-order valence-electron chi connectivity index (χ4n) is 2.54. The number of halogens is 2. The molecule has 16 heavy (non-hydrogen) atoms. The van der Waals surface area contributed by atoms with Crippen LogP contribution in [0.2, 0.25) is 0 Å². The number of hydrogen-bond acceptors (Lipinski definition) is 3. The maximum atomic E-state index is 12.3. The summed E-state index contributed by atoms with van der Waals surface area (Å²) in [5.74, 6) is 0. The van der Waals surface area contributed by atoms with Crippen LogP contribution in [0.15, 0.2) is 0 Å². The third-order valence-electron chi connectivity index (χ3n) is 3.37. The zero-order chi connectivity index (χ0) is 12.0. The molecule has 0 radical (unpaired) electrons. The molecule has 2 N–H and O–H groups in total. The molecule has 0 atom stereocenters. The van der Waals surface area contributed by atoms with E-state index in [1.54, 1.807) is 4.90 Å². The molecule has 0 unspecified atom stereocenters. The van der Waals surface area contributed by atoms with Gasteiger partial charge in [-0.2, -0.15) is 0 Å². The van der Waals surface area contributed by atoms with E-state index < -0.39 is 6.43 Å². The highest BCUT2D eigenvalue weighted by Gasteiger charge is 2.35. The fraction of sp³-hybridized carbons (Fsp3) is 1.00. The van der Waals surface area contributed by atoms with Crippen molar-refractivity contribution in [2.24, 2.45) is 5.41 Å². The van der Waals surface area contributed by atoms with Crippen molar-refractivity contribution >= 4 is 0 Å². The highest BCUT2D eigenvalue weighted by atomic mass is 19.3. The quantitative estimate of drug-likeness (QED) is 0.697. The molecule has 0 spiro atoms. The van der Waals surface area contributed by atoms with Gasteiger partial charge in [-0.15, -0.1) is 0 Å². The van der Waals surface area contributed by atoms with Crippen molar-refractivity contribution in [2.75, 3.05) is 32.8 Å². The number of rotatable bonds is 7. The third kappa shape index (κ3) is 3.96. The van der Waals surface area contributed by atoms with Crippen molar-refractivity contribution < 1.29 is 19.0 Å². The van der Waals surface area contributed by atoms with E-state index in [4.69, 9.17) is 5.11 Å². The second-order valence-electron chi connectivity index (χ2n) is 4.72. The van der Waals surface area contributed by atoms with E-state index in [1.807, 2.05) is 0 Å². The van der Waals surface area contributed by atoms with Gasteiger partial charge in [0.05, 0.1) is 13.2 Å². The van der Waals surface area contributed by atoms with Crippen LogP contribution >= 0.6 is 0 Å². The summed E-state index contributed by atoms with van der Waals surface area (Å²) in [5.41, 5.74) is -0.218. The van der Waals surface area contributed by atoms with E-state index in [-0.39, 0.29) is 31.7 Å². The molecule has 1 aliphatic carbocycles. The number of alkyl halides is 2. The van der Waals surface area contributed by atoms with Crippen molar-refractivity contribution in [1.82, 2.24) is 4.90 Å². The van der Waals surface area contributed by atoms with E-state index in [2.05, 4.69) is 0 Å². The first-order valence-electron chi connectivity index (χ1n) is 5.84. The third-order valence-corrected chi connectivity index (χ3v) is 3.37. The highest BCUT2D eigenvalue weighted by Crippen LogP contribution is 2.38. The predicted molar refractivity (Wildman–Crippen MR) is 57.5 cm³/mol. The Hall–Kier alpha value is -0.260. The standard InChI is InChI=1S/C11H21F2NO2/c12-10(13)7-14(5-6-15)8-11(9-16)3-1-2-4-11/h10,15-16H,1-9H2. The molecule has 0 amide bonds. The molecule has 3 nitrogen and oxygen atoms in total. The minimum Gasteiger partial charge on any atom is -0.396 e. The Labute approximate surface area is 95.1 Å². The van der Waals surface area contributed by atoms with Crippen LogP contribution in [0.25, 0.3) is 0 Å². The highest BCUT2D eigenvalue weighted by molar-refractivity contribution is 4.87. The Morgan fingerprint density at radius 3 is 2.25 bits per heavy atom. The van der Waals surface area contributed by atoms with E-state index in [0.29, 0.717) is 6.54 Å². The Morgan fingerprint density at radius 1 is 1.19 bits per heavy atom. The number of hydrogen-bond donors (Lipinski definition) is 2. The van der Waals surface area contributed by atoms with Crippen LogP contribution in [-0.2, 0) is 0 Å². The van der Waals surface area contributed by atoms with Gasteiger partial charge in [0, 0.05) is 25.1 Å². The molecule has 5 heteroatoms. The van der Waals surface area contributed by atoms with Gasteiger partial charge in [0.25, 0.3) is 6.43 Å². The predicted octanol–water partition coefficient (Wildman–Crippen LogP) is 1.10. The van der Waals surface area contributed by atoms with E-state index >= 15 is 0 Å². The zero-order valence-electron chi connectivity index (χ0n) is 9.54. The molecule has 0 bridgehead atoms. The first-order chi connectivity index (χ1) is 7.62. The molecular formula is C11H21F2NO2. The molecule has 0 saturated heterocycles. The molecular weight excluding hydrogens is 216 g/mol. The summed E-state index contributed by atoms with van der Waals surface area (Å²) in [6.07, 6.45) is 1.52. The van der Waals surface area contributed by atoms with E-state index in [9.17, 15) is 13.9 Å². The number of aliphatic hydroxyl groups excluding tert-OH is 2. The van der Waals surface area contributed by atoms with Crippen molar-refractivity contribution in [3.63, 3.8) is 0 Å². The summed E-state index contributed by atoms with van der Waals surface area (Å²) in [5, 5.41) is 18.2. The average Bonchev–Trinajstić information content (AvgIpc) is 2.66. The van der Waals surface area contributed by atoms with Crippen LogP contribution in [0, 0.1) is 5.41 Å². The van der Waals surface area contributed by atoms with Gasteiger partial charge >= 0.3 is 0 Å². The maximum absolute atomic E-state index is 12.3. The summed E-state index contributed by atoms with van der Waals surface area (Å²) in [4.78, 5) is 1.56. The largest absolute Gasteiger partial charge is 0.396 e. The van der Waals surface area contributed by atoms with Crippen LogP contribution in [0.4, 0.5) is 8.78 Å². The van der Waals surface area contributed by atoms with Gasteiger partial charge in [0.15, 0.2) is 0 Å². The normalized spacial score (nSPS) is 19.9. The summed E-state index contributed by atoms with van der Waals surface area (Å²) < 4.78 is 24.7. The molecule has 0 aromatic carbocycles. The van der Waals surface area contributed by atoms with Gasteiger partial charge in [-0.25, -0.2) is 8.78 Å². The number of aliphatic hydroxyl groups is 2. The van der Waals surface area contributed by atoms with Gasteiger partial charge in [-0.3, -0.25) is 4.90 Å². The molecule has 1 fully saturated rings. The minimum atomic E-state index is -2.39. The molecule has 96 valence electrons. The van der Waals surface area contributed by atoms with Crippen LogP contribution in [0.1, 0.15) is 25.7 Å². The van der Waals surface area contributed by atoms with Crippen molar-refractivity contribution in [3.05, 3.63) is 0 Å². The fourth-order valence-corrected chi connectivity index (χ4v) is 2.54. The van der Waals surface area contributed by atoms with Gasteiger partial charge in [0.2, 0.25) is 0 Å². The monoisotopic (exact) mass is 237 g/mol. The first-order valence-corrected chi connectivity index (χ1v) is 5.84. The van der Waals surface area contributed by atoms with Crippen LogP contribution in [0.5, 0.6) is 0 Å². The van der Waals surface area contributed by atoms with Gasteiger partial charge in [-0.1, -0.05) is 12.8 Å². The molecule has 1 aliphatic rings. The lowest BCUT2D eigenvalue weighted by atomic mass is 9.86. The summed E-state index contributed by atoms with van der Waals surface area (Å²) in [6, 6.07) is 0. The molecule has 0 aromatic heterocycles. The molecule has 0 aromatic rings. The lowest BCUT2D eigenvalue weighted by Crippen LogP contribution is -2.42. The smallest absolute Gasteiger partial charge is 0.251 e. The minimum absolute atomic E-state index is 0.0537. The zero-order valence-corrected chi connectivity index (χ0v) is 9.54. The van der Waals surface area contributed by atoms with Crippen LogP contribution in [-0.4, -0.2) is 54.4 Å². The van der Waals surface area contributed by atoms with Gasteiger partial charge < -0.3 is 10.2 Å². The Kier molecular flexibility index (Phi) is 5.58. The summed E-state index contributed by atoms with van der Waals surface area (Å²) in [7, 11) is 0. The first kappa shape index (κ1) is 13.8. The summed E-state index contributed by atoms with van der Waals surface area (Å²) >= 11 is 0. The van der Waals surface area contributed by atoms with Crippen LogP contribution < -0.4 is 0 Å². The Balaban J connectivity index is 2.50.